The van der Waals surface area contributed by atoms with Crippen LogP contribution in [0, 0.1) is 0 Å². The fraction of sp³-hybridized carbons (Fsp3) is 0. The molecular weight excluding hydrogens is 273 g/mol. The second kappa shape index (κ2) is 21.9. The maximum absolute atomic E-state index is 0. The zero-order valence-electron chi connectivity index (χ0n) is 2.15. The fourth-order valence-electron chi connectivity index (χ4n) is 0. The first-order valence-corrected chi connectivity index (χ1v) is 0. The predicted octanol–water partition coefficient (Wildman–Crippen LogP) is -1.52. The summed E-state index contributed by atoms with van der Waals surface area (Å²) in [6.07, 6.45) is 0. The van der Waals surface area contributed by atoms with Gasteiger partial charge in [-0.2, -0.15) is 0 Å². The van der Waals surface area contributed by atoms with Crippen LogP contribution in [0.4, 0.5) is 0 Å². The maximum Gasteiger partial charge on any atom is 0 e. The molecule has 0 aromatic rings. The van der Waals surface area contributed by atoms with Crippen LogP contribution in [0.3, 0.4) is 0 Å². The molecule has 0 amide bonds. The van der Waals surface area contributed by atoms with E-state index in [2.05, 4.69) is 0 Å². The van der Waals surface area contributed by atoms with Crippen molar-refractivity contribution in [2.45, 2.75) is 0 Å². The van der Waals surface area contributed by atoms with Gasteiger partial charge in [0.05, 0.1) is 0 Å². The minimum Gasteiger partial charge on any atom is 0 e. The molecule has 4 heavy (non-hydrogen) atoms. The summed E-state index contributed by atoms with van der Waals surface area (Å²) < 4.78 is 0. The molecule has 4 heteroatoms. The van der Waals surface area contributed by atoms with Crippen molar-refractivity contribution in [1.29, 1.82) is 0 Å². The quantitative estimate of drug-likeness (QED) is 0.470. The Morgan fingerprint density at radius 2 is 1.00 bits per heavy atom. The molecule has 14 radical (unpaired) electrons. The average molecular weight is 273 g/mol. The van der Waals surface area contributed by atoms with E-state index in [1.807, 2.05) is 0 Å². The third-order valence-corrected chi connectivity index (χ3v) is 0. The first kappa shape index (κ1) is 42.7. The summed E-state index contributed by atoms with van der Waals surface area (Å²) >= 11 is 0. The SMILES string of the molecule is [Al].[B].[Pb].[Si]. The second-order valence-corrected chi connectivity index (χ2v) is 0. The number of hydrogen-bond donors (Lipinski definition) is 0. The monoisotopic (exact) mass is 274 g/mol. The van der Waals surface area contributed by atoms with Crippen LogP contribution in [0.2, 0.25) is 0 Å². The van der Waals surface area contributed by atoms with E-state index in [4.69, 9.17) is 0 Å². The molecule has 0 bridgehead atoms. The van der Waals surface area contributed by atoms with Crippen LogP contribution in [-0.2, 0) is 0 Å². The van der Waals surface area contributed by atoms with Gasteiger partial charge in [0, 0.05) is 64.0 Å². The predicted molar refractivity (Wildman–Crippen MR) is 23.0 cm³/mol. The molecule has 0 fully saturated rings. The van der Waals surface area contributed by atoms with Gasteiger partial charge in [-0.1, -0.05) is 0 Å². The molecule has 0 aromatic carbocycles. The number of hydrogen-bond acceptors (Lipinski definition) is 0. The van der Waals surface area contributed by atoms with Crippen molar-refractivity contribution < 1.29 is 0 Å². The van der Waals surface area contributed by atoms with Gasteiger partial charge in [-0.3, -0.25) is 0 Å². The van der Waals surface area contributed by atoms with Gasteiger partial charge in [0.2, 0.25) is 0 Å². The summed E-state index contributed by atoms with van der Waals surface area (Å²) in [5, 5.41) is 0. The molecule has 0 heterocycles. The Bertz CT molecular complexity index is 8.00. The van der Waals surface area contributed by atoms with Crippen molar-refractivity contribution in [2.75, 3.05) is 0 Å². The van der Waals surface area contributed by atoms with Crippen molar-refractivity contribution in [3.8, 4) is 0 Å². The van der Waals surface area contributed by atoms with Crippen LogP contribution in [0.5, 0.6) is 0 Å². The van der Waals surface area contributed by atoms with E-state index in [9.17, 15) is 0 Å². The Balaban J connectivity index is 0. The Labute approximate surface area is 63.6 Å². The first-order valence-electron chi connectivity index (χ1n) is 0. The van der Waals surface area contributed by atoms with Gasteiger partial charge in [-0.15, -0.1) is 0 Å². The van der Waals surface area contributed by atoms with E-state index in [-0.39, 0.29) is 64.0 Å². The summed E-state index contributed by atoms with van der Waals surface area (Å²) in [5.41, 5.74) is 0. The largest absolute Gasteiger partial charge is 0 e. The maximum atomic E-state index is 0. The molecule has 0 aliphatic heterocycles. The van der Waals surface area contributed by atoms with Crippen LogP contribution in [-0.4, -0.2) is 64.0 Å². The van der Waals surface area contributed by atoms with Crippen LogP contribution in [0.15, 0.2) is 0 Å². The molecule has 0 saturated heterocycles. The minimum absolute atomic E-state index is 0. The molecule has 0 saturated carbocycles. The normalized spacial score (nSPS) is 0. The van der Waals surface area contributed by atoms with E-state index in [0.717, 1.165) is 0 Å². The van der Waals surface area contributed by atoms with Crippen molar-refractivity contribution in [2.24, 2.45) is 0 Å². The van der Waals surface area contributed by atoms with Gasteiger partial charge in [-0.05, 0) is 0 Å². The molecule has 0 unspecified atom stereocenters. The summed E-state index contributed by atoms with van der Waals surface area (Å²) in [7, 11) is 0. The minimum atomic E-state index is 0. The summed E-state index contributed by atoms with van der Waals surface area (Å²) in [6.45, 7) is 0. The Morgan fingerprint density at radius 1 is 1.00 bits per heavy atom. The molecule has 0 nitrogen and oxygen atoms in total. The van der Waals surface area contributed by atoms with Gasteiger partial charge in [0.1, 0.15) is 0 Å². The van der Waals surface area contributed by atoms with Crippen LogP contribution in [0.1, 0.15) is 0 Å². The van der Waals surface area contributed by atoms with E-state index < -0.39 is 0 Å². The Morgan fingerprint density at radius 3 is 1.00 bits per heavy atom. The standard InChI is InChI=1S/Al.B.Pb.Si. The Kier molecular flexibility index (Phi) is 234. The summed E-state index contributed by atoms with van der Waals surface area (Å²) in [4.78, 5) is 0. The van der Waals surface area contributed by atoms with Crippen LogP contribution < -0.4 is 0 Å². The van der Waals surface area contributed by atoms with Crippen molar-refractivity contribution >= 4 is 64.0 Å². The van der Waals surface area contributed by atoms with Crippen molar-refractivity contribution in [3.05, 3.63) is 0 Å². The summed E-state index contributed by atoms with van der Waals surface area (Å²) in [6, 6.07) is 0. The Hall–Kier alpha value is 1.74. The third kappa shape index (κ3) is 9.28. The smallest absolute Gasteiger partial charge is 0 e. The van der Waals surface area contributed by atoms with Gasteiger partial charge in [0.15, 0.2) is 0 Å². The van der Waals surface area contributed by atoms with Crippen molar-refractivity contribution in [3.63, 3.8) is 0 Å². The van der Waals surface area contributed by atoms with Gasteiger partial charge in [0.25, 0.3) is 0 Å². The topological polar surface area (TPSA) is 0 Å². The first-order chi connectivity index (χ1) is 0. The second-order valence-electron chi connectivity index (χ2n) is 0. The van der Waals surface area contributed by atoms with Crippen molar-refractivity contribution in [1.82, 2.24) is 0 Å². The van der Waals surface area contributed by atoms with Gasteiger partial charge < -0.3 is 0 Å². The molecule has 14 valence electrons. The molecular formula is AlBPbSi. The molecule has 0 spiro atoms. The number of rotatable bonds is 0. The molecule has 0 rings (SSSR count). The van der Waals surface area contributed by atoms with E-state index in [1.54, 1.807) is 0 Å². The zero-order valence-corrected chi connectivity index (χ0v) is 8.20. The van der Waals surface area contributed by atoms with Crippen LogP contribution >= 0.6 is 0 Å². The molecule has 0 aromatic heterocycles. The molecule has 0 N–H and O–H groups in total. The summed E-state index contributed by atoms with van der Waals surface area (Å²) in [5.74, 6) is 0. The third-order valence-electron chi connectivity index (χ3n) is 0. The van der Waals surface area contributed by atoms with E-state index in [1.165, 1.54) is 0 Å². The van der Waals surface area contributed by atoms with E-state index in [0.29, 0.717) is 0 Å². The van der Waals surface area contributed by atoms with Gasteiger partial charge >= 0.3 is 0 Å². The van der Waals surface area contributed by atoms with Gasteiger partial charge in [-0.25, -0.2) is 0 Å². The fourth-order valence-corrected chi connectivity index (χ4v) is 0. The molecule has 0 aliphatic rings. The zero-order chi connectivity index (χ0) is 0. The molecule has 0 aliphatic carbocycles. The average Bonchev–Trinajstić information content (AvgIpc) is 0. The molecule has 0 atom stereocenters. The van der Waals surface area contributed by atoms with E-state index >= 15 is 0 Å². The van der Waals surface area contributed by atoms with Crippen LogP contribution in [0.25, 0.3) is 0 Å².